The van der Waals surface area contributed by atoms with E-state index in [0.717, 1.165) is 23.7 Å². The molecule has 1 aliphatic rings. The minimum absolute atomic E-state index is 0.00478. The Morgan fingerprint density at radius 2 is 1.97 bits per heavy atom. The predicted molar refractivity (Wildman–Crippen MR) is 131 cm³/mol. The van der Waals surface area contributed by atoms with Crippen LogP contribution in [0, 0.1) is 0 Å². The maximum atomic E-state index is 12.5. The number of likely N-dealkylation sites (tertiary alicyclic amines) is 1. The highest BCUT2D eigenvalue weighted by atomic mass is 35.5. The highest BCUT2D eigenvalue weighted by molar-refractivity contribution is 6.35. The molecule has 0 saturated carbocycles. The van der Waals surface area contributed by atoms with Crippen molar-refractivity contribution < 1.29 is 9.59 Å². The lowest BCUT2D eigenvalue weighted by atomic mass is 10.1. The molecule has 2 amide bonds. The molecule has 1 fully saturated rings. The van der Waals surface area contributed by atoms with Crippen molar-refractivity contribution in [3.63, 3.8) is 0 Å². The molecular formula is C24H21ClN8O2. The predicted octanol–water partition coefficient (Wildman–Crippen LogP) is 3.54. The van der Waals surface area contributed by atoms with E-state index >= 15 is 0 Å². The van der Waals surface area contributed by atoms with E-state index in [1.165, 1.54) is 6.08 Å². The van der Waals surface area contributed by atoms with Crippen molar-refractivity contribution in [3.05, 3.63) is 72.7 Å². The molecule has 5 heterocycles. The monoisotopic (exact) mass is 488 g/mol. The van der Waals surface area contributed by atoms with Crippen LogP contribution in [-0.2, 0) is 4.79 Å². The summed E-state index contributed by atoms with van der Waals surface area (Å²) in [6.07, 6.45) is 10.9. The second kappa shape index (κ2) is 9.59. The number of amides is 2. The van der Waals surface area contributed by atoms with E-state index in [2.05, 4.69) is 31.8 Å². The van der Waals surface area contributed by atoms with Crippen molar-refractivity contribution in [1.82, 2.24) is 34.6 Å². The molecule has 1 saturated heterocycles. The summed E-state index contributed by atoms with van der Waals surface area (Å²) < 4.78 is 1.86. The molecule has 176 valence electrons. The maximum Gasteiger partial charge on any atom is 0.294 e. The van der Waals surface area contributed by atoms with Crippen molar-refractivity contribution in [2.45, 2.75) is 18.9 Å². The molecular weight excluding hydrogens is 468 g/mol. The molecule has 1 unspecified atom stereocenters. The Labute approximate surface area is 205 Å². The fraction of sp³-hybridized carbons (Fsp3) is 0.208. The highest BCUT2D eigenvalue weighted by Gasteiger charge is 2.27. The van der Waals surface area contributed by atoms with Crippen LogP contribution in [0.5, 0.6) is 0 Å². The number of nitrogens with zero attached hydrogens (tertiary/aromatic N) is 7. The van der Waals surface area contributed by atoms with Gasteiger partial charge in [0.1, 0.15) is 11.5 Å². The number of carbonyl (C=O) groups is 2. The summed E-state index contributed by atoms with van der Waals surface area (Å²) in [7, 11) is 0. The van der Waals surface area contributed by atoms with E-state index in [1.54, 1.807) is 54.1 Å². The Kier molecular flexibility index (Phi) is 6.19. The fourth-order valence-corrected chi connectivity index (χ4v) is 4.43. The molecule has 0 radical (unpaired) electrons. The number of hydrogen-bond donors (Lipinski definition) is 1. The Bertz CT molecular complexity index is 1400. The van der Waals surface area contributed by atoms with Gasteiger partial charge in [0.05, 0.1) is 16.6 Å². The average molecular weight is 489 g/mol. The van der Waals surface area contributed by atoms with Crippen LogP contribution in [0.2, 0.25) is 5.02 Å². The zero-order valence-corrected chi connectivity index (χ0v) is 19.4. The molecule has 11 heteroatoms. The van der Waals surface area contributed by atoms with Crippen LogP contribution < -0.4 is 5.32 Å². The van der Waals surface area contributed by atoms with Crippen molar-refractivity contribution in [2.24, 2.45) is 0 Å². The Morgan fingerprint density at radius 3 is 2.71 bits per heavy atom. The van der Waals surface area contributed by atoms with Gasteiger partial charge < -0.3 is 10.2 Å². The number of anilines is 1. The summed E-state index contributed by atoms with van der Waals surface area (Å²) in [5.74, 6) is -0.158. The lowest BCUT2D eigenvalue weighted by Gasteiger charge is -2.32. The number of carbonyl (C=O) groups excluding carboxylic acids is 2. The van der Waals surface area contributed by atoms with Gasteiger partial charge in [-0.1, -0.05) is 24.2 Å². The number of rotatable bonds is 5. The van der Waals surface area contributed by atoms with Gasteiger partial charge >= 0.3 is 0 Å². The van der Waals surface area contributed by atoms with Crippen LogP contribution in [0.25, 0.3) is 22.2 Å². The molecule has 0 spiro atoms. The minimum atomic E-state index is -0.468. The molecule has 0 aromatic carbocycles. The first-order valence-corrected chi connectivity index (χ1v) is 11.4. The van der Waals surface area contributed by atoms with Gasteiger partial charge in [0.2, 0.25) is 11.7 Å². The van der Waals surface area contributed by atoms with Crippen LogP contribution >= 0.6 is 11.6 Å². The fourth-order valence-electron chi connectivity index (χ4n) is 4.18. The van der Waals surface area contributed by atoms with E-state index in [-0.39, 0.29) is 17.8 Å². The van der Waals surface area contributed by atoms with Crippen LogP contribution in [0.4, 0.5) is 5.82 Å². The van der Waals surface area contributed by atoms with Gasteiger partial charge in [0.25, 0.3) is 5.91 Å². The van der Waals surface area contributed by atoms with Gasteiger partial charge in [-0.2, -0.15) is 5.10 Å². The van der Waals surface area contributed by atoms with Crippen molar-refractivity contribution in [3.8, 4) is 11.3 Å². The number of halogens is 1. The first-order chi connectivity index (χ1) is 17.0. The largest absolute Gasteiger partial charge is 0.337 e. The van der Waals surface area contributed by atoms with Gasteiger partial charge in [-0.05, 0) is 31.1 Å². The molecule has 0 aliphatic carbocycles. The minimum Gasteiger partial charge on any atom is -0.337 e. The van der Waals surface area contributed by atoms with E-state index in [9.17, 15) is 9.59 Å². The number of fused-ring (bicyclic) bond motifs is 1. The van der Waals surface area contributed by atoms with Crippen LogP contribution in [-0.4, -0.2) is 59.5 Å². The summed E-state index contributed by atoms with van der Waals surface area (Å²) >= 11 is 6.54. The lowest BCUT2D eigenvalue weighted by Crippen LogP contribution is -2.40. The zero-order chi connectivity index (χ0) is 24.4. The van der Waals surface area contributed by atoms with Crippen LogP contribution in [0.15, 0.2) is 61.8 Å². The Hall–Kier alpha value is -4.18. The molecule has 4 aromatic rings. The maximum absolute atomic E-state index is 12.5. The van der Waals surface area contributed by atoms with E-state index < -0.39 is 5.91 Å². The number of piperidine rings is 1. The SMILES string of the molecule is C=CC(=O)N1CCCC(n2nc(-c3cnc(C(=O)Nc4ccccn4)nc3)c3cncc(Cl)c32)C1. The van der Waals surface area contributed by atoms with Gasteiger partial charge in [0, 0.05) is 55.0 Å². The standard InChI is InChI=1S/C24H21ClN8O2/c1-2-20(34)32-9-5-6-16(14-32)33-22-17(12-26-13-18(22)25)21(31-33)15-10-28-23(29-11-15)24(35)30-19-7-3-4-8-27-19/h2-4,7-8,10-13,16H,1,5-6,9,14H2,(H,27,30,35). The molecule has 35 heavy (non-hydrogen) atoms. The van der Waals surface area contributed by atoms with E-state index in [1.807, 2.05) is 4.68 Å². The van der Waals surface area contributed by atoms with E-state index in [0.29, 0.717) is 35.2 Å². The third kappa shape index (κ3) is 4.47. The van der Waals surface area contributed by atoms with E-state index in [4.69, 9.17) is 16.7 Å². The first kappa shape index (κ1) is 22.6. The van der Waals surface area contributed by atoms with Gasteiger partial charge in [-0.25, -0.2) is 15.0 Å². The third-order valence-corrected chi connectivity index (χ3v) is 6.10. The van der Waals surface area contributed by atoms with Gasteiger partial charge in [-0.3, -0.25) is 19.3 Å². The summed E-state index contributed by atoms with van der Waals surface area (Å²) in [4.78, 5) is 43.2. The van der Waals surface area contributed by atoms with Crippen LogP contribution in [0.3, 0.4) is 0 Å². The molecule has 4 aromatic heterocycles. The molecule has 0 bridgehead atoms. The highest BCUT2D eigenvalue weighted by Crippen LogP contribution is 2.35. The number of hydrogen-bond acceptors (Lipinski definition) is 7. The summed E-state index contributed by atoms with van der Waals surface area (Å²) in [5.41, 5.74) is 1.94. The quantitative estimate of drug-likeness (QED) is 0.427. The van der Waals surface area contributed by atoms with Gasteiger partial charge in [-0.15, -0.1) is 0 Å². The van der Waals surface area contributed by atoms with Gasteiger partial charge in [0.15, 0.2) is 0 Å². The zero-order valence-electron chi connectivity index (χ0n) is 18.6. The molecule has 1 aliphatic heterocycles. The van der Waals surface area contributed by atoms with Crippen molar-refractivity contribution in [1.29, 1.82) is 0 Å². The summed E-state index contributed by atoms with van der Waals surface area (Å²) in [6, 6.07) is 5.14. The molecule has 1 N–H and O–H groups in total. The first-order valence-electron chi connectivity index (χ1n) is 11.0. The molecule has 5 rings (SSSR count). The number of pyridine rings is 2. The summed E-state index contributed by atoms with van der Waals surface area (Å²) in [5, 5.41) is 8.70. The Morgan fingerprint density at radius 1 is 1.14 bits per heavy atom. The summed E-state index contributed by atoms with van der Waals surface area (Å²) in [6.45, 7) is 4.78. The third-order valence-electron chi connectivity index (χ3n) is 5.83. The second-order valence-electron chi connectivity index (χ2n) is 8.06. The molecule has 10 nitrogen and oxygen atoms in total. The second-order valence-corrected chi connectivity index (χ2v) is 8.47. The topological polar surface area (TPSA) is 119 Å². The number of aromatic nitrogens is 6. The van der Waals surface area contributed by atoms with Crippen molar-refractivity contribution >= 4 is 40.1 Å². The Balaban J connectivity index is 1.47. The normalized spacial score (nSPS) is 15.7. The average Bonchev–Trinajstić information content (AvgIpc) is 3.30. The number of nitrogens with one attached hydrogen (secondary N) is 1. The van der Waals surface area contributed by atoms with Crippen LogP contribution in [0.1, 0.15) is 29.5 Å². The molecule has 1 atom stereocenters. The lowest BCUT2D eigenvalue weighted by molar-refractivity contribution is -0.127. The smallest absolute Gasteiger partial charge is 0.294 e. The van der Waals surface area contributed by atoms with Crippen molar-refractivity contribution in [2.75, 3.05) is 18.4 Å².